The maximum atomic E-state index is 13.1. The summed E-state index contributed by atoms with van der Waals surface area (Å²) in [6.07, 6.45) is 0. The Labute approximate surface area is 233 Å². The lowest BCUT2D eigenvalue weighted by molar-refractivity contribution is 0.0949. The van der Waals surface area contributed by atoms with Crippen molar-refractivity contribution in [3.05, 3.63) is 82.1 Å². The Hall–Kier alpha value is -3.70. The largest absolute Gasteiger partial charge is 0.495 e. The van der Waals surface area contributed by atoms with Gasteiger partial charge in [0.1, 0.15) is 5.75 Å². The predicted molar refractivity (Wildman–Crippen MR) is 149 cm³/mol. The minimum atomic E-state index is -0.331. The molecule has 0 saturated heterocycles. The number of rotatable bonds is 11. The Balaban J connectivity index is 1.61. The fourth-order valence-corrected chi connectivity index (χ4v) is 4.95. The number of nitrogens with one attached hydrogen (secondary N) is 1. The second-order valence-corrected chi connectivity index (χ2v) is 9.78. The van der Waals surface area contributed by atoms with Crippen LogP contribution in [-0.4, -0.2) is 49.1 Å². The highest BCUT2D eigenvalue weighted by atomic mass is 79.9. The third-order valence-corrected chi connectivity index (χ3v) is 7.17. The van der Waals surface area contributed by atoms with Crippen molar-refractivity contribution in [2.75, 3.05) is 28.4 Å². The number of methoxy groups -OCH3 is 4. The average molecular weight is 600 g/mol. The van der Waals surface area contributed by atoms with Gasteiger partial charge in [0.15, 0.2) is 22.5 Å². The third kappa shape index (κ3) is 6.05. The molecular weight excluding hydrogens is 572 g/mol. The molecule has 11 heteroatoms. The number of amides is 1. The summed E-state index contributed by atoms with van der Waals surface area (Å²) in [5.41, 5.74) is 2.27. The summed E-state index contributed by atoms with van der Waals surface area (Å²) in [5.74, 6) is 2.77. The van der Waals surface area contributed by atoms with Crippen molar-refractivity contribution in [2.24, 2.45) is 0 Å². The van der Waals surface area contributed by atoms with Crippen LogP contribution in [-0.2, 0) is 12.3 Å². The van der Waals surface area contributed by atoms with E-state index in [1.807, 2.05) is 41.0 Å². The summed E-state index contributed by atoms with van der Waals surface area (Å²) < 4.78 is 24.6. The van der Waals surface area contributed by atoms with Crippen LogP contribution in [0.4, 0.5) is 0 Å². The van der Waals surface area contributed by atoms with E-state index < -0.39 is 0 Å². The highest BCUT2D eigenvalue weighted by molar-refractivity contribution is 9.10. The van der Waals surface area contributed by atoms with Crippen LogP contribution < -0.4 is 24.3 Å². The van der Waals surface area contributed by atoms with E-state index in [9.17, 15) is 4.79 Å². The minimum Gasteiger partial charge on any atom is -0.495 e. The first-order chi connectivity index (χ1) is 18.5. The molecule has 1 amide bonds. The predicted octanol–water partition coefficient (Wildman–Crippen LogP) is 5.29. The van der Waals surface area contributed by atoms with Crippen LogP contribution in [0.3, 0.4) is 0 Å². The molecule has 0 saturated carbocycles. The zero-order valence-corrected chi connectivity index (χ0v) is 23.8. The van der Waals surface area contributed by atoms with Crippen molar-refractivity contribution >= 4 is 33.6 Å². The van der Waals surface area contributed by atoms with Crippen LogP contribution in [0.2, 0.25) is 0 Å². The number of ether oxygens (including phenoxy) is 4. The first kappa shape index (κ1) is 27.3. The molecule has 4 aromatic rings. The first-order valence-electron chi connectivity index (χ1n) is 11.5. The van der Waals surface area contributed by atoms with Gasteiger partial charge in [0.25, 0.3) is 5.91 Å². The molecule has 0 unspecified atom stereocenters. The van der Waals surface area contributed by atoms with Crippen LogP contribution in [0, 0.1) is 0 Å². The van der Waals surface area contributed by atoms with Gasteiger partial charge in [-0.25, -0.2) is 0 Å². The zero-order valence-electron chi connectivity index (χ0n) is 21.4. The molecule has 0 atom stereocenters. The Morgan fingerprint density at radius 1 is 0.895 bits per heavy atom. The quantitative estimate of drug-likeness (QED) is 0.233. The molecule has 0 spiro atoms. The second kappa shape index (κ2) is 12.7. The highest BCUT2D eigenvalue weighted by Crippen LogP contribution is 2.38. The SMILES string of the molecule is COc1ccccc1-n1c(CNC(=O)c2cc(OC)c(OC)c(OC)c2)nnc1SCc1ccc(Br)cc1. The molecule has 0 aliphatic rings. The summed E-state index contributed by atoms with van der Waals surface area (Å²) in [4.78, 5) is 13.1. The number of para-hydroxylation sites is 2. The molecule has 0 radical (unpaired) electrons. The zero-order chi connectivity index (χ0) is 27.1. The van der Waals surface area contributed by atoms with Crippen molar-refractivity contribution in [3.8, 4) is 28.7 Å². The number of carbonyl (C=O) groups is 1. The van der Waals surface area contributed by atoms with Crippen molar-refractivity contribution in [2.45, 2.75) is 17.5 Å². The Morgan fingerprint density at radius 2 is 1.55 bits per heavy atom. The van der Waals surface area contributed by atoms with Gasteiger partial charge in [-0.3, -0.25) is 9.36 Å². The van der Waals surface area contributed by atoms with E-state index in [0.29, 0.717) is 45.3 Å². The van der Waals surface area contributed by atoms with Crippen molar-refractivity contribution in [1.82, 2.24) is 20.1 Å². The second-order valence-electron chi connectivity index (χ2n) is 7.92. The number of halogens is 1. The highest BCUT2D eigenvalue weighted by Gasteiger charge is 2.20. The third-order valence-electron chi connectivity index (χ3n) is 5.64. The maximum absolute atomic E-state index is 13.1. The van der Waals surface area contributed by atoms with Crippen LogP contribution in [0.5, 0.6) is 23.0 Å². The van der Waals surface area contributed by atoms with Crippen molar-refractivity contribution in [3.63, 3.8) is 0 Å². The molecule has 0 bridgehead atoms. The van der Waals surface area contributed by atoms with Gasteiger partial charge in [-0.05, 0) is 42.0 Å². The van der Waals surface area contributed by atoms with Gasteiger partial charge in [0.05, 0.1) is 40.7 Å². The number of aromatic nitrogens is 3. The molecular formula is C27H27BrN4O5S. The first-order valence-corrected chi connectivity index (χ1v) is 13.3. The number of thioether (sulfide) groups is 1. The maximum Gasteiger partial charge on any atom is 0.251 e. The Kier molecular flexibility index (Phi) is 9.14. The fraction of sp³-hybridized carbons (Fsp3) is 0.222. The molecule has 198 valence electrons. The van der Waals surface area contributed by atoms with Gasteiger partial charge in [-0.15, -0.1) is 10.2 Å². The molecule has 38 heavy (non-hydrogen) atoms. The minimum absolute atomic E-state index is 0.124. The summed E-state index contributed by atoms with van der Waals surface area (Å²) in [5, 5.41) is 12.4. The molecule has 0 aliphatic heterocycles. The van der Waals surface area contributed by atoms with Crippen molar-refractivity contribution < 1.29 is 23.7 Å². The molecule has 1 N–H and O–H groups in total. The van der Waals surface area contributed by atoms with Gasteiger partial charge >= 0.3 is 0 Å². The van der Waals surface area contributed by atoms with Crippen molar-refractivity contribution in [1.29, 1.82) is 0 Å². The lowest BCUT2D eigenvalue weighted by Crippen LogP contribution is -2.25. The van der Waals surface area contributed by atoms with E-state index in [0.717, 1.165) is 15.7 Å². The molecule has 4 rings (SSSR count). The molecule has 9 nitrogen and oxygen atoms in total. The van der Waals surface area contributed by atoms with Crippen LogP contribution in [0.25, 0.3) is 5.69 Å². The summed E-state index contributed by atoms with van der Waals surface area (Å²) in [6.45, 7) is 0.124. The summed E-state index contributed by atoms with van der Waals surface area (Å²) >= 11 is 5.01. The molecule has 1 heterocycles. The van der Waals surface area contributed by atoms with E-state index in [1.54, 1.807) is 31.0 Å². The van der Waals surface area contributed by atoms with Gasteiger partial charge in [-0.1, -0.05) is 52.0 Å². The molecule has 0 aliphatic carbocycles. The number of hydrogen-bond acceptors (Lipinski definition) is 8. The van der Waals surface area contributed by atoms with Crippen LogP contribution in [0.1, 0.15) is 21.7 Å². The van der Waals surface area contributed by atoms with Crippen LogP contribution in [0.15, 0.2) is 70.3 Å². The van der Waals surface area contributed by atoms with E-state index in [4.69, 9.17) is 18.9 Å². The van der Waals surface area contributed by atoms with E-state index in [-0.39, 0.29) is 12.5 Å². The van der Waals surface area contributed by atoms with Gasteiger partial charge in [0, 0.05) is 15.8 Å². The summed E-state index contributed by atoms with van der Waals surface area (Å²) in [7, 11) is 6.13. The fourth-order valence-electron chi connectivity index (χ4n) is 3.77. The monoisotopic (exact) mass is 598 g/mol. The van der Waals surface area contributed by atoms with E-state index in [1.165, 1.54) is 21.3 Å². The number of hydrogen-bond donors (Lipinski definition) is 1. The standard InChI is InChI=1S/C27H27BrN4O5S/c1-34-21-8-6-5-7-20(21)32-24(30-31-27(32)38-16-17-9-11-19(28)12-10-17)15-29-26(33)18-13-22(35-2)25(37-4)23(14-18)36-3/h5-14H,15-16H2,1-4H3,(H,29,33). The number of benzene rings is 3. The summed E-state index contributed by atoms with van der Waals surface area (Å²) in [6, 6.07) is 18.9. The normalized spacial score (nSPS) is 10.7. The smallest absolute Gasteiger partial charge is 0.251 e. The molecule has 0 fully saturated rings. The Bertz CT molecular complexity index is 1390. The molecule has 3 aromatic carbocycles. The lowest BCUT2D eigenvalue weighted by atomic mass is 10.1. The van der Waals surface area contributed by atoms with Gasteiger partial charge < -0.3 is 24.3 Å². The number of nitrogens with zero attached hydrogens (tertiary/aromatic N) is 3. The topological polar surface area (TPSA) is 96.7 Å². The molecule has 1 aromatic heterocycles. The lowest BCUT2D eigenvalue weighted by Gasteiger charge is -2.15. The van der Waals surface area contributed by atoms with E-state index in [2.05, 4.69) is 43.6 Å². The number of carbonyl (C=O) groups excluding carboxylic acids is 1. The average Bonchev–Trinajstić information content (AvgIpc) is 3.36. The van der Waals surface area contributed by atoms with Crippen LogP contribution >= 0.6 is 27.7 Å². The Morgan fingerprint density at radius 3 is 2.18 bits per heavy atom. The van der Waals surface area contributed by atoms with Gasteiger partial charge in [-0.2, -0.15) is 0 Å². The van der Waals surface area contributed by atoms with E-state index >= 15 is 0 Å². The van der Waals surface area contributed by atoms with Gasteiger partial charge in [0.2, 0.25) is 5.75 Å².